The van der Waals surface area contributed by atoms with Crippen molar-refractivity contribution in [3.63, 3.8) is 0 Å². The number of thiophene rings is 1. The molecule has 1 heterocycles. The molecule has 0 aliphatic carbocycles. The van der Waals surface area contributed by atoms with Crippen LogP contribution < -0.4 is 5.32 Å². The van der Waals surface area contributed by atoms with Gasteiger partial charge in [-0.05, 0) is 36.2 Å². The second-order valence-electron chi connectivity index (χ2n) is 3.79. The van der Waals surface area contributed by atoms with Crippen molar-refractivity contribution in [2.24, 2.45) is 0 Å². The lowest BCUT2D eigenvalue weighted by Gasteiger charge is -2.17. The first kappa shape index (κ1) is 13.1. The van der Waals surface area contributed by atoms with Gasteiger partial charge in [-0.3, -0.25) is 0 Å². The Bertz CT molecular complexity index is 484. The van der Waals surface area contributed by atoms with Gasteiger partial charge < -0.3 is 5.32 Å². The molecule has 0 saturated carbocycles. The van der Waals surface area contributed by atoms with E-state index in [1.807, 2.05) is 19.2 Å². The zero-order valence-corrected chi connectivity index (χ0v) is 12.6. The Labute approximate surface area is 119 Å². The van der Waals surface area contributed by atoms with Gasteiger partial charge in [-0.1, -0.05) is 39.7 Å². The number of nitrogens with one attached hydrogen (secondary N) is 1. The van der Waals surface area contributed by atoms with E-state index in [1.165, 1.54) is 4.88 Å². The molecular formula is C13H13BrClNS. The first-order valence-electron chi connectivity index (χ1n) is 5.35. The lowest BCUT2D eigenvalue weighted by Crippen LogP contribution is -2.18. The van der Waals surface area contributed by atoms with Crippen LogP contribution in [0, 0.1) is 0 Å². The molecule has 0 aliphatic rings. The Balaban J connectivity index is 2.23. The van der Waals surface area contributed by atoms with E-state index < -0.39 is 0 Å². The fraction of sp³-hybridized carbons (Fsp3) is 0.231. The summed E-state index contributed by atoms with van der Waals surface area (Å²) in [6, 6.07) is 10.5. The van der Waals surface area contributed by atoms with Gasteiger partial charge >= 0.3 is 0 Å². The summed E-state index contributed by atoms with van der Waals surface area (Å²) >= 11 is 11.5. The molecule has 1 aromatic heterocycles. The van der Waals surface area contributed by atoms with Crippen LogP contribution in [-0.2, 0) is 6.42 Å². The molecule has 0 aliphatic heterocycles. The summed E-state index contributed by atoms with van der Waals surface area (Å²) in [6.45, 7) is 0. The van der Waals surface area contributed by atoms with Crippen molar-refractivity contribution in [3.8, 4) is 0 Å². The van der Waals surface area contributed by atoms with E-state index >= 15 is 0 Å². The molecule has 2 rings (SSSR count). The molecule has 0 amide bonds. The van der Waals surface area contributed by atoms with Crippen molar-refractivity contribution >= 4 is 38.9 Å². The molecule has 1 atom stereocenters. The Morgan fingerprint density at radius 3 is 2.82 bits per heavy atom. The van der Waals surface area contributed by atoms with Crippen LogP contribution in [0.2, 0.25) is 5.02 Å². The van der Waals surface area contributed by atoms with E-state index in [4.69, 9.17) is 11.6 Å². The van der Waals surface area contributed by atoms with Crippen LogP contribution in [0.5, 0.6) is 0 Å². The van der Waals surface area contributed by atoms with Crippen LogP contribution in [0.25, 0.3) is 0 Å². The fourth-order valence-electron chi connectivity index (χ4n) is 1.78. The van der Waals surface area contributed by atoms with Gasteiger partial charge in [-0.2, -0.15) is 0 Å². The van der Waals surface area contributed by atoms with E-state index in [9.17, 15) is 0 Å². The van der Waals surface area contributed by atoms with Gasteiger partial charge in [0.05, 0.1) is 0 Å². The summed E-state index contributed by atoms with van der Waals surface area (Å²) in [7, 11) is 1.97. The Hall–Kier alpha value is -0.350. The zero-order valence-electron chi connectivity index (χ0n) is 9.41. The number of halogens is 2. The monoisotopic (exact) mass is 329 g/mol. The van der Waals surface area contributed by atoms with Crippen molar-refractivity contribution in [3.05, 3.63) is 55.6 Å². The van der Waals surface area contributed by atoms with Crippen LogP contribution in [0.15, 0.2) is 40.2 Å². The van der Waals surface area contributed by atoms with E-state index in [1.54, 1.807) is 11.3 Å². The predicted molar refractivity (Wildman–Crippen MR) is 79.0 cm³/mol. The second kappa shape index (κ2) is 6.01. The lowest BCUT2D eigenvalue weighted by atomic mass is 10.0. The van der Waals surface area contributed by atoms with Gasteiger partial charge in [0.25, 0.3) is 0 Å². The molecule has 90 valence electrons. The highest BCUT2D eigenvalue weighted by Gasteiger charge is 2.14. The number of hydrogen-bond donors (Lipinski definition) is 1. The lowest BCUT2D eigenvalue weighted by molar-refractivity contribution is 0.597. The maximum absolute atomic E-state index is 6.28. The van der Waals surface area contributed by atoms with Crippen LogP contribution in [0.3, 0.4) is 0 Å². The standard InChI is InChI=1S/C13H13BrClNS/c1-16-13(8-10-3-2-6-17-10)11-5-4-9(14)7-12(11)15/h2-7,13,16H,8H2,1H3. The maximum atomic E-state index is 6.28. The molecule has 0 radical (unpaired) electrons. The second-order valence-corrected chi connectivity index (χ2v) is 6.15. The molecule has 2 aromatic rings. The van der Waals surface area contributed by atoms with Gasteiger partial charge in [-0.25, -0.2) is 0 Å². The third-order valence-corrected chi connectivity index (χ3v) is 4.39. The molecule has 1 N–H and O–H groups in total. The Morgan fingerprint density at radius 1 is 1.41 bits per heavy atom. The van der Waals surface area contributed by atoms with Crippen molar-refractivity contribution in [2.75, 3.05) is 7.05 Å². The first-order chi connectivity index (χ1) is 8.20. The average Bonchev–Trinajstić information content (AvgIpc) is 2.79. The highest BCUT2D eigenvalue weighted by Crippen LogP contribution is 2.29. The van der Waals surface area contributed by atoms with Crippen LogP contribution in [0.4, 0.5) is 0 Å². The Kier molecular flexibility index (Phi) is 4.62. The molecule has 0 saturated heterocycles. The molecule has 1 nitrogen and oxygen atoms in total. The third kappa shape index (κ3) is 3.32. The fourth-order valence-corrected chi connectivity index (χ4v) is 3.34. The smallest absolute Gasteiger partial charge is 0.0465 e. The average molecular weight is 331 g/mol. The number of hydrogen-bond acceptors (Lipinski definition) is 2. The molecule has 1 aromatic carbocycles. The maximum Gasteiger partial charge on any atom is 0.0465 e. The van der Waals surface area contributed by atoms with Gasteiger partial charge in [0.15, 0.2) is 0 Å². The van der Waals surface area contributed by atoms with Gasteiger partial charge in [-0.15, -0.1) is 11.3 Å². The van der Waals surface area contributed by atoms with E-state index in [-0.39, 0.29) is 6.04 Å². The number of rotatable bonds is 4. The minimum absolute atomic E-state index is 0.259. The molecule has 0 bridgehead atoms. The van der Waals surface area contributed by atoms with Gasteiger partial charge in [0.1, 0.15) is 0 Å². The molecule has 0 spiro atoms. The first-order valence-corrected chi connectivity index (χ1v) is 7.40. The number of benzene rings is 1. The van der Waals surface area contributed by atoms with E-state index in [2.05, 4.69) is 44.8 Å². The number of likely N-dealkylation sites (N-methyl/N-ethyl adjacent to an activating group) is 1. The summed E-state index contributed by atoms with van der Waals surface area (Å²) in [5, 5.41) is 6.23. The van der Waals surface area contributed by atoms with E-state index in [0.29, 0.717) is 0 Å². The summed E-state index contributed by atoms with van der Waals surface area (Å²) in [5.74, 6) is 0. The van der Waals surface area contributed by atoms with Crippen LogP contribution in [0.1, 0.15) is 16.5 Å². The van der Waals surface area contributed by atoms with Crippen LogP contribution in [-0.4, -0.2) is 7.05 Å². The predicted octanol–water partition coefficient (Wildman–Crippen LogP) is 4.67. The third-order valence-electron chi connectivity index (χ3n) is 2.67. The summed E-state index contributed by atoms with van der Waals surface area (Å²) in [6.07, 6.45) is 0.968. The minimum Gasteiger partial charge on any atom is -0.313 e. The molecule has 1 unspecified atom stereocenters. The highest BCUT2D eigenvalue weighted by molar-refractivity contribution is 9.10. The molecule has 17 heavy (non-hydrogen) atoms. The van der Waals surface area contributed by atoms with Crippen LogP contribution >= 0.6 is 38.9 Å². The topological polar surface area (TPSA) is 12.0 Å². The SMILES string of the molecule is CNC(Cc1cccs1)c1ccc(Br)cc1Cl. The van der Waals surface area contributed by atoms with Crippen molar-refractivity contribution in [1.29, 1.82) is 0 Å². The summed E-state index contributed by atoms with van der Waals surface area (Å²) < 4.78 is 1.01. The summed E-state index contributed by atoms with van der Waals surface area (Å²) in [5.41, 5.74) is 1.14. The van der Waals surface area contributed by atoms with Crippen molar-refractivity contribution in [2.45, 2.75) is 12.5 Å². The normalized spacial score (nSPS) is 12.6. The molecule has 4 heteroatoms. The minimum atomic E-state index is 0.259. The van der Waals surface area contributed by atoms with Crippen molar-refractivity contribution in [1.82, 2.24) is 5.32 Å². The summed E-state index contributed by atoms with van der Waals surface area (Å²) in [4.78, 5) is 1.36. The quantitative estimate of drug-likeness (QED) is 0.859. The highest BCUT2D eigenvalue weighted by atomic mass is 79.9. The molecular weight excluding hydrogens is 318 g/mol. The van der Waals surface area contributed by atoms with Crippen molar-refractivity contribution < 1.29 is 0 Å². The van der Waals surface area contributed by atoms with Gasteiger partial charge in [0, 0.05) is 26.8 Å². The van der Waals surface area contributed by atoms with E-state index in [0.717, 1.165) is 21.5 Å². The Morgan fingerprint density at radius 2 is 2.24 bits per heavy atom. The largest absolute Gasteiger partial charge is 0.313 e. The zero-order chi connectivity index (χ0) is 12.3. The van der Waals surface area contributed by atoms with Gasteiger partial charge in [0.2, 0.25) is 0 Å². The molecule has 0 fully saturated rings.